The molecule has 0 heterocycles. The average Bonchev–Trinajstić information content (AvgIpc) is 2.71. The van der Waals surface area contributed by atoms with Crippen molar-refractivity contribution in [2.45, 2.75) is 6.61 Å². The lowest BCUT2D eigenvalue weighted by Crippen LogP contribution is -2.13. The summed E-state index contributed by atoms with van der Waals surface area (Å²) in [6.45, 7) is 0.234. The maximum Gasteiger partial charge on any atom is 0.266 e. The van der Waals surface area contributed by atoms with Crippen LogP contribution in [0.25, 0.3) is 6.08 Å². The van der Waals surface area contributed by atoms with Gasteiger partial charge in [0.15, 0.2) is 0 Å². The molecule has 8 heteroatoms. The number of nitrogens with one attached hydrogen (secondary N) is 1. The standard InChI is InChI=1S/C23H14BrFI2N2O2/c24-17-4-2-6-19(11-17)29-23(30)16(12-28)7-15-9-20(26)22(21(27)10-15)31-13-14-3-1-5-18(25)8-14/h1-11H,13H2,(H,29,30)/b16-7-. The van der Waals surface area contributed by atoms with E-state index in [9.17, 15) is 14.4 Å². The van der Waals surface area contributed by atoms with Crippen molar-refractivity contribution in [3.05, 3.63) is 94.8 Å². The highest BCUT2D eigenvalue weighted by Gasteiger charge is 2.13. The van der Waals surface area contributed by atoms with Gasteiger partial charge in [-0.2, -0.15) is 5.26 Å². The van der Waals surface area contributed by atoms with Gasteiger partial charge in [0, 0.05) is 10.2 Å². The Kier molecular flexibility index (Phi) is 8.45. The van der Waals surface area contributed by atoms with Crippen molar-refractivity contribution in [2.75, 3.05) is 5.32 Å². The molecule has 31 heavy (non-hydrogen) atoms. The fourth-order valence-corrected chi connectivity index (χ4v) is 5.19. The zero-order valence-corrected chi connectivity index (χ0v) is 21.7. The first kappa shape index (κ1) is 23.7. The maximum absolute atomic E-state index is 13.4. The Morgan fingerprint density at radius 3 is 2.48 bits per heavy atom. The van der Waals surface area contributed by atoms with E-state index in [4.69, 9.17) is 4.74 Å². The van der Waals surface area contributed by atoms with E-state index in [1.807, 2.05) is 24.3 Å². The van der Waals surface area contributed by atoms with Gasteiger partial charge in [0.1, 0.15) is 29.8 Å². The van der Waals surface area contributed by atoms with E-state index < -0.39 is 5.91 Å². The first-order chi connectivity index (χ1) is 14.9. The van der Waals surface area contributed by atoms with Gasteiger partial charge in [-0.3, -0.25) is 4.79 Å². The molecule has 1 N–H and O–H groups in total. The van der Waals surface area contributed by atoms with Crippen molar-refractivity contribution < 1.29 is 13.9 Å². The second-order valence-electron chi connectivity index (χ2n) is 6.37. The number of anilines is 1. The summed E-state index contributed by atoms with van der Waals surface area (Å²) in [7, 11) is 0. The summed E-state index contributed by atoms with van der Waals surface area (Å²) in [4.78, 5) is 12.5. The SMILES string of the molecule is N#C/C(=C/c1cc(I)c(OCc2cccc(F)c2)c(I)c1)C(=O)Nc1cccc(Br)c1. The first-order valence-electron chi connectivity index (χ1n) is 8.90. The van der Waals surface area contributed by atoms with Crippen LogP contribution in [0.1, 0.15) is 11.1 Å². The first-order valence-corrected chi connectivity index (χ1v) is 11.9. The fraction of sp³-hybridized carbons (Fsp3) is 0.0435. The second kappa shape index (κ2) is 11.1. The number of nitriles is 1. The molecule has 0 aliphatic heterocycles. The lowest BCUT2D eigenvalue weighted by atomic mass is 10.1. The molecule has 0 aliphatic carbocycles. The summed E-state index contributed by atoms with van der Waals surface area (Å²) < 4.78 is 21.7. The number of halogens is 4. The molecule has 0 aliphatic rings. The summed E-state index contributed by atoms with van der Waals surface area (Å²) in [5, 5.41) is 12.2. The average molecular weight is 703 g/mol. The number of carbonyl (C=O) groups is 1. The molecule has 3 aromatic rings. The number of rotatable bonds is 6. The van der Waals surface area contributed by atoms with Gasteiger partial charge in [0.25, 0.3) is 5.91 Å². The van der Waals surface area contributed by atoms with Crippen LogP contribution in [0.15, 0.2) is 70.7 Å². The summed E-state index contributed by atoms with van der Waals surface area (Å²) in [5.41, 5.74) is 2.00. The third kappa shape index (κ3) is 6.75. The Bertz CT molecular complexity index is 1190. The summed E-state index contributed by atoms with van der Waals surface area (Å²) in [6.07, 6.45) is 1.54. The molecule has 156 valence electrons. The zero-order valence-electron chi connectivity index (χ0n) is 15.8. The molecule has 0 radical (unpaired) electrons. The minimum atomic E-state index is -0.489. The van der Waals surface area contributed by atoms with Crippen LogP contribution < -0.4 is 10.1 Å². The highest BCUT2D eigenvalue weighted by atomic mass is 127. The summed E-state index contributed by atoms with van der Waals surface area (Å²) in [6, 6.07) is 19.0. The van der Waals surface area contributed by atoms with E-state index in [1.54, 1.807) is 30.3 Å². The van der Waals surface area contributed by atoms with Crippen LogP contribution in [0.4, 0.5) is 10.1 Å². The van der Waals surface area contributed by atoms with Gasteiger partial charge in [-0.1, -0.05) is 34.1 Å². The van der Waals surface area contributed by atoms with Crippen LogP contribution in [0.5, 0.6) is 5.75 Å². The van der Waals surface area contributed by atoms with E-state index in [0.29, 0.717) is 17.0 Å². The molecule has 4 nitrogen and oxygen atoms in total. The molecule has 0 spiro atoms. The maximum atomic E-state index is 13.4. The predicted molar refractivity (Wildman–Crippen MR) is 139 cm³/mol. The quantitative estimate of drug-likeness (QED) is 0.172. The van der Waals surface area contributed by atoms with Crippen molar-refractivity contribution in [1.82, 2.24) is 0 Å². The van der Waals surface area contributed by atoms with Crippen LogP contribution >= 0.6 is 61.1 Å². The summed E-state index contributed by atoms with van der Waals surface area (Å²) in [5.74, 6) is -0.132. The monoisotopic (exact) mass is 702 g/mol. The Hall–Kier alpha value is -1.97. The van der Waals surface area contributed by atoms with Crippen LogP contribution in [-0.2, 0) is 11.4 Å². The Morgan fingerprint density at radius 1 is 1.13 bits per heavy atom. The highest BCUT2D eigenvalue weighted by Crippen LogP contribution is 2.30. The molecule has 0 bridgehead atoms. The van der Waals surface area contributed by atoms with Gasteiger partial charge in [-0.15, -0.1) is 0 Å². The van der Waals surface area contributed by atoms with Crippen molar-refractivity contribution in [3.8, 4) is 11.8 Å². The lowest BCUT2D eigenvalue weighted by Gasteiger charge is -2.12. The van der Waals surface area contributed by atoms with Crippen LogP contribution in [-0.4, -0.2) is 5.91 Å². The number of ether oxygens (including phenoxy) is 1. The number of hydrogen-bond acceptors (Lipinski definition) is 3. The van der Waals surface area contributed by atoms with Gasteiger partial charge in [-0.05, 0) is 105 Å². The third-order valence-corrected chi connectivity index (χ3v) is 6.15. The largest absolute Gasteiger partial charge is 0.487 e. The third-order valence-electron chi connectivity index (χ3n) is 4.05. The molecule has 0 aromatic heterocycles. The molecule has 3 aromatic carbocycles. The molecule has 0 atom stereocenters. The van der Waals surface area contributed by atoms with Crippen molar-refractivity contribution in [3.63, 3.8) is 0 Å². The van der Waals surface area contributed by atoms with Crippen LogP contribution in [0.2, 0.25) is 0 Å². The molecular formula is C23H14BrFI2N2O2. The number of hydrogen-bond donors (Lipinski definition) is 1. The highest BCUT2D eigenvalue weighted by molar-refractivity contribution is 14.1. The van der Waals surface area contributed by atoms with Gasteiger partial charge in [0.05, 0.1) is 7.14 Å². The molecule has 0 fully saturated rings. The Balaban J connectivity index is 1.77. The fourth-order valence-electron chi connectivity index (χ4n) is 2.66. The minimum absolute atomic E-state index is 0.0139. The van der Waals surface area contributed by atoms with Gasteiger partial charge in [-0.25, -0.2) is 4.39 Å². The van der Waals surface area contributed by atoms with Gasteiger partial charge in [0.2, 0.25) is 0 Å². The van der Waals surface area contributed by atoms with Crippen molar-refractivity contribution in [2.24, 2.45) is 0 Å². The van der Waals surface area contributed by atoms with E-state index in [-0.39, 0.29) is 18.0 Å². The van der Waals surface area contributed by atoms with E-state index >= 15 is 0 Å². The molecule has 0 saturated heterocycles. The number of nitrogens with zero attached hydrogens (tertiary/aromatic N) is 1. The Morgan fingerprint density at radius 2 is 1.84 bits per heavy atom. The molecule has 0 saturated carbocycles. The topological polar surface area (TPSA) is 62.1 Å². The van der Waals surface area contributed by atoms with Crippen molar-refractivity contribution in [1.29, 1.82) is 5.26 Å². The van der Waals surface area contributed by atoms with Crippen LogP contribution in [0, 0.1) is 24.3 Å². The number of benzene rings is 3. The smallest absolute Gasteiger partial charge is 0.266 e. The van der Waals surface area contributed by atoms with Crippen LogP contribution in [0.3, 0.4) is 0 Å². The normalized spacial score (nSPS) is 11.0. The molecular weight excluding hydrogens is 689 g/mol. The lowest BCUT2D eigenvalue weighted by molar-refractivity contribution is -0.112. The predicted octanol–water partition coefficient (Wildman–Crippen LogP) is 6.92. The molecule has 3 rings (SSSR count). The summed E-state index contributed by atoms with van der Waals surface area (Å²) >= 11 is 7.63. The number of amides is 1. The minimum Gasteiger partial charge on any atom is -0.487 e. The molecule has 0 unspecified atom stereocenters. The van der Waals surface area contributed by atoms with E-state index in [1.165, 1.54) is 18.2 Å². The van der Waals surface area contributed by atoms with Crippen molar-refractivity contribution >= 4 is 78.8 Å². The number of carbonyl (C=O) groups excluding carboxylic acids is 1. The van der Waals surface area contributed by atoms with E-state index in [0.717, 1.165) is 17.2 Å². The Labute approximate surface area is 214 Å². The van der Waals surface area contributed by atoms with E-state index in [2.05, 4.69) is 66.4 Å². The zero-order chi connectivity index (χ0) is 22.4. The van der Waals surface area contributed by atoms with Gasteiger partial charge >= 0.3 is 0 Å². The van der Waals surface area contributed by atoms with Gasteiger partial charge < -0.3 is 10.1 Å². The second-order valence-corrected chi connectivity index (χ2v) is 9.61. The molecule has 1 amide bonds.